The molecule has 1 aliphatic rings. The van der Waals surface area contributed by atoms with E-state index in [-0.39, 0.29) is 6.03 Å². The number of fused-ring (bicyclic) bond motifs is 1. The van der Waals surface area contributed by atoms with Gasteiger partial charge in [0.05, 0.1) is 19.9 Å². The fourth-order valence-electron chi connectivity index (χ4n) is 3.86. The predicted octanol–water partition coefficient (Wildman–Crippen LogP) is 4.23. The van der Waals surface area contributed by atoms with E-state index >= 15 is 0 Å². The standard InChI is InChI=1S/C23H31N3O3/c1-4-14-26-15-6-7-18-16-17(10-11-20(18)26)12-13-24-23(27)25-19-8-5-9-21(28-2)22(19)29-3/h5,8-11,16H,4,6-7,12-15H2,1-3H3,(H2,24,25,27). The molecule has 0 saturated carbocycles. The SMILES string of the molecule is CCCN1CCCc2cc(CCNC(=O)Nc3cccc(OC)c3OC)ccc21. The Morgan fingerprint density at radius 1 is 1.17 bits per heavy atom. The predicted molar refractivity (Wildman–Crippen MR) is 118 cm³/mol. The molecule has 1 heterocycles. The number of hydrogen-bond donors (Lipinski definition) is 2. The van der Waals surface area contributed by atoms with Crippen molar-refractivity contribution in [3.05, 3.63) is 47.5 Å². The van der Waals surface area contributed by atoms with Crippen LogP contribution in [0, 0.1) is 0 Å². The second-order valence-electron chi connectivity index (χ2n) is 7.23. The summed E-state index contributed by atoms with van der Waals surface area (Å²) in [5.41, 5.74) is 4.63. The molecule has 0 fully saturated rings. The third-order valence-electron chi connectivity index (χ3n) is 5.20. The number of hydrogen-bond acceptors (Lipinski definition) is 4. The number of urea groups is 1. The van der Waals surface area contributed by atoms with E-state index in [2.05, 4.69) is 40.7 Å². The number of ether oxygens (including phenoxy) is 2. The summed E-state index contributed by atoms with van der Waals surface area (Å²) in [6.45, 7) is 5.05. The molecule has 0 atom stereocenters. The summed E-state index contributed by atoms with van der Waals surface area (Å²) in [4.78, 5) is 14.8. The van der Waals surface area contributed by atoms with Crippen molar-refractivity contribution in [2.24, 2.45) is 0 Å². The van der Waals surface area contributed by atoms with Gasteiger partial charge in [-0.3, -0.25) is 0 Å². The Hall–Kier alpha value is -2.89. The molecule has 2 amide bonds. The van der Waals surface area contributed by atoms with Crippen molar-refractivity contribution in [1.29, 1.82) is 0 Å². The first kappa shape index (κ1) is 20.8. The van der Waals surface area contributed by atoms with Crippen LogP contribution in [0.25, 0.3) is 0 Å². The number of amides is 2. The minimum atomic E-state index is -0.261. The molecule has 2 aromatic carbocycles. The Morgan fingerprint density at radius 3 is 2.79 bits per heavy atom. The molecule has 6 heteroatoms. The zero-order valence-corrected chi connectivity index (χ0v) is 17.6. The van der Waals surface area contributed by atoms with E-state index in [4.69, 9.17) is 9.47 Å². The third kappa shape index (κ3) is 5.13. The summed E-state index contributed by atoms with van der Waals surface area (Å²) in [7, 11) is 3.13. The molecule has 1 aliphatic heterocycles. The lowest BCUT2D eigenvalue weighted by Gasteiger charge is -2.31. The third-order valence-corrected chi connectivity index (χ3v) is 5.20. The van der Waals surface area contributed by atoms with Crippen molar-refractivity contribution >= 4 is 17.4 Å². The Kier molecular flexibility index (Phi) is 7.22. The van der Waals surface area contributed by atoms with Gasteiger partial charge in [-0.25, -0.2) is 4.79 Å². The van der Waals surface area contributed by atoms with Gasteiger partial charge >= 0.3 is 6.03 Å². The van der Waals surface area contributed by atoms with Crippen LogP contribution in [-0.4, -0.2) is 39.9 Å². The number of aryl methyl sites for hydroxylation is 1. The van der Waals surface area contributed by atoms with Crippen LogP contribution in [0.3, 0.4) is 0 Å². The van der Waals surface area contributed by atoms with Crippen LogP contribution in [0.4, 0.5) is 16.2 Å². The number of anilines is 2. The Balaban J connectivity index is 1.55. The van der Waals surface area contributed by atoms with Gasteiger partial charge in [-0.1, -0.05) is 25.1 Å². The molecular formula is C23H31N3O3. The van der Waals surface area contributed by atoms with Gasteiger partial charge < -0.3 is 25.0 Å². The highest BCUT2D eigenvalue weighted by molar-refractivity contribution is 5.91. The summed E-state index contributed by atoms with van der Waals surface area (Å²) in [5.74, 6) is 1.09. The lowest BCUT2D eigenvalue weighted by molar-refractivity contribution is 0.252. The summed E-state index contributed by atoms with van der Waals surface area (Å²) in [5, 5.41) is 5.75. The molecular weight excluding hydrogens is 366 g/mol. The van der Waals surface area contributed by atoms with Crippen LogP contribution in [0.2, 0.25) is 0 Å². The molecule has 0 bridgehead atoms. The molecule has 0 spiro atoms. The smallest absolute Gasteiger partial charge is 0.319 e. The summed E-state index contributed by atoms with van der Waals surface area (Å²) in [6, 6.07) is 11.8. The molecule has 2 N–H and O–H groups in total. The average Bonchev–Trinajstić information content (AvgIpc) is 2.73. The largest absolute Gasteiger partial charge is 0.493 e. The van der Waals surface area contributed by atoms with Crippen molar-refractivity contribution in [2.75, 3.05) is 44.1 Å². The van der Waals surface area contributed by atoms with Gasteiger partial charge in [0.15, 0.2) is 11.5 Å². The molecule has 0 radical (unpaired) electrons. The number of nitrogens with zero attached hydrogens (tertiary/aromatic N) is 1. The lowest BCUT2D eigenvalue weighted by Crippen LogP contribution is -2.31. The topological polar surface area (TPSA) is 62.8 Å². The minimum absolute atomic E-state index is 0.261. The van der Waals surface area contributed by atoms with Gasteiger partial charge in [-0.2, -0.15) is 0 Å². The van der Waals surface area contributed by atoms with Crippen LogP contribution in [0.1, 0.15) is 30.9 Å². The quantitative estimate of drug-likeness (QED) is 0.700. The summed E-state index contributed by atoms with van der Waals surface area (Å²) < 4.78 is 10.6. The number of carbonyl (C=O) groups is 1. The highest BCUT2D eigenvalue weighted by atomic mass is 16.5. The van der Waals surface area contributed by atoms with Crippen LogP contribution in [0.5, 0.6) is 11.5 Å². The van der Waals surface area contributed by atoms with Crippen LogP contribution >= 0.6 is 0 Å². The zero-order chi connectivity index (χ0) is 20.6. The van der Waals surface area contributed by atoms with Gasteiger partial charge in [-0.15, -0.1) is 0 Å². The first-order chi connectivity index (χ1) is 14.2. The fourth-order valence-corrected chi connectivity index (χ4v) is 3.86. The van der Waals surface area contributed by atoms with Crippen LogP contribution in [0.15, 0.2) is 36.4 Å². The minimum Gasteiger partial charge on any atom is -0.493 e. The first-order valence-electron chi connectivity index (χ1n) is 10.3. The van der Waals surface area contributed by atoms with Gasteiger partial charge in [0.2, 0.25) is 0 Å². The lowest BCUT2D eigenvalue weighted by atomic mass is 9.98. The Morgan fingerprint density at radius 2 is 2.03 bits per heavy atom. The van der Waals surface area contributed by atoms with E-state index in [9.17, 15) is 4.79 Å². The van der Waals surface area contributed by atoms with E-state index in [1.165, 1.54) is 23.2 Å². The van der Waals surface area contributed by atoms with Crippen LogP contribution in [-0.2, 0) is 12.8 Å². The van der Waals surface area contributed by atoms with E-state index in [0.717, 1.165) is 32.4 Å². The van der Waals surface area contributed by atoms with Gasteiger partial charge in [0, 0.05) is 25.3 Å². The van der Waals surface area contributed by atoms with E-state index in [0.29, 0.717) is 23.7 Å². The normalized spacial score (nSPS) is 12.9. The maximum Gasteiger partial charge on any atom is 0.319 e. The molecule has 6 nitrogen and oxygen atoms in total. The van der Waals surface area contributed by atoms with Gasteiger partial charge in [0.25, 0.3) is 0 Å². The molecule has 0 unspecified atom stereocenters. The number of nitrogens with one attached hydrogen (secondary N) is 2. The highest BCUT2D eigenvalue weighted by Gasteiger charge is 2.16. The highest BCUT2D eigenvalue weighted by Crippen LogP contribution is 2.34. The molecule has 0 aliphatic carbocycles. The fraction of sp³-hybridized carbons (Fsp3) is 0.435. The van der Waals surface area contributed by atoms with E-state index in [1.54, 1.807) is 26.4 Å². The number of para-hydroxylation sites is 1. The number of methoxy groups -OCH3 is 2. The summed E-state index contributed by atoms with van der Waals surface area (Å²) >= 11 is 0. The molecule has 2 aromatic rings. The zero-order valence-electron chi connectivity index (χ0n) is 17.6. The van der Waals surface area contributed by atoms with Gasteiger partial charge in [0.1, 0.15) is 0 Å². The first-order valence-corrected chi connectivity index (χ1v) is 10.3. The van der Waals surface area contributed by atoms with Crippen molar-refractivity contribution in [3.8, 4) is 11.5 Å². The number of carbonyl (C=O) groups excluding carboxylic acids is 1. The Bertz CT molecular complexity index is 838. The van der Waals surface area contributed by atoms with Crippen molar-refractivity contribution in [2.45, 2.75) is 32.6 Å². The van der Waals surface area contributed by atoms with Gasteiger partial charge in [-0.05, 0) is 55.0 Å². The second kappa shape index (κ2) is 10.0. The molecule has 156 valence electrons. The number of benzene rings is 2. The Labute approximate surface area is 173 Å². The average molecular weight is 398 g/mol. The van der Waals surface area contributed by atoms with E-state index < -0.39 is 0 Å². The second-order valence-corrected chi connectivity index (χ2v) is 7.23. The molecule has 0 aromatic heterocycles. The van der Waals surface area contributed by atoms with Crippen molar-refractivity contribution in [3.63, 3.8) is 0 Å². The maximum atomic E-state index is 12.3. The summed E-state index contributed by atoms with van der Waals surface area (Å²) in [6.07, 6.45) is 4.30. The number of rotatable bonds is 8. The monoisotopic (exact) mass is 397 g/mol. The van der Waals surface area contributed by atoms with E-state index in [1.807, 2.05) is 6.07 Å². The van der Waals surface area contributed by atoms with Crippen LogP contribution < -0.4 is 25.0 Å². The van der Waals surface area contributed by atoms with Crippen molar-refractivity contribution < 1.29 is 14.3 Å². The van der Waals surface area contributed by atoms with Crippen molar-refractivity contribution in [1.82, 2.24) is 5.32 Å². The molecule has 0 saturated heterocycles. The molecule has 3 rings (SSSR count). The molecule has 29 heavy (non-hydrogen) atoms. The maximum absolute atomic E-state index is 12.3.